The van der Waals surface area contributed by atoms with E-state index in [1.54, 1.807) is 0 Å². The van der Waals surface area contributed by atoms with Crippen molar-refractivity contribution in [3.05, 3.63) is 0 Å². The first-order valence-electron chi connectivity index (χ1n) is 7.27. The lowest BCUT2D eigenvalue weighted by atomic mass is 9.86. The first-order valence-corrected chi connectivity index (χ1v) is 7.27. The Hall–Kier alpha value is -0.940. The molecule has 5 heteroatoms. The van der Waals surface area contributed by atoms with E-state index < -0.39 is 0 Å². The fourth-order valence-corrected chi connectivity index (χ4v) is 3.04. The maximum Gasteiger partial charge on any atom is 0.229 e. The van der Waals surface area contributed by atoms with Gasteiger partial charge in [0.15, 0.2) is 0 Å². The van der Waals surface area contributed by atoms with Crippen molar-refractivity contribution in [2.75, 3.05) is 26.7 Å². The molecule has 1 N–H and O–H groups in total. The normalized spacial score (nSPS) is 28.5. The molecule has 0 aromatic carbocycles. The number of carbonyl (C=O) groups is 2. The number of nitrogens with zero attached hydrogens (tertiary/aromatic N) is 2. The lowest BCUT2D eigenvalue weighted by molar-refractivity contribution is -0.138. The van der Waals surface area contributed by atoms with Crippen LogP contribution in [-0.2, 0) is 9.59 Å². The molecule has 2 aliphatic rings. The molecule has 0 aromatic rings. The molecular formula is C14H24N2O3. The van der Waals surface area contributed by atoms with Gasteiger partial charge in [0.05, 0.1) is 6.10 Å². The van der Waals surface area contributed by atoms with Gasteiger partial charge in [-0.1, -0.05) is 12.8 Å². The first kappa shape index (κ1) is 14.5. The van der Waals surface area contributed by atoms with Gasteiger partial charge in [0.2, 0.25) is 11.8 Å². The Morgan fingerprint density at radius 2 is 1.84 bits per heavy atom. The predicted molar refractivity (Wildman–Crippen MR) is 71.4 cm³/mol. The molecule has 0 bridgehead atoms. The van der Waals surface area contributed by atoms with Crippen molar-refractivity contribution < 1.29 is 14.7 Å². The molecule has 1 saturated heterocycles. The number of amides is 2. The van der Waals surface area contributed by atoms with E-state index in [4.69, 9.17) is 0 Å². The fraction of sp³-hybridized carbons (Fsp3) is 0.857. The molecule has 2 amide bonds. The van der Waals surface area contributed by atoms with Crippen LogP contribution in [0.4, 0.5) is 0 Å². The number of hydrogen-bond donors (Lipinski definition) is 1. The van der Waals surface area contributed by atoms with Crippen LogP contribution in [0, 0.1) is 5.92 Å². The van der Waals surface area contributed by atoms with E-state index >= 15 is 0 Å². The van der Waals surface area contributed by atoms with E-state index in [0.29, 0.717) is 31.8 Å². The van der Waals surface area contributed by atoms with Crippen LogP contribution in [0.3, 0.4) is 0 Å². The highest BCUT2D eigenvalue weighted by atomic mass is 16.3. The standard InChI is InChI=1S/C14H24N2O3/c1-15(10-11-4-2-3-5-12(11)17)8-9-16-13(18)6-7-14(16)19/h11-12,17H,2-10H2,1H3. The van der Waals surface area contributed by atoms with E-state index in [9.17, 15) is 14.7 Å². The van der Waals surface area contributed by atoms with Gasteiger partial charge in [0, 0.05) is 32.5 Å². The molecule has 2 atom stereocenters. The van der Waals surface area contributed by atoms with Crippen molar-refractivity contribution in [2.45, 2.75) is 44.6 Å². The minimum Gasteiger partial charge on any atom is -0.393 e. The van der Waals surface area contributed by atoms with Crippen LogP contribution in [-0.4, -0.2) is 59.5 Å². The number of likely N-dealkylation sites (tertiary alicyclic amines) is 1. The van der Waals surface area contributed by atoms with Crippen LogP contribution < -0.4 is 0 Å². The summed E-state index contributed by atoms with van der Waals surface area (Å²) in [5.41, 5.74) is 0. The summed E-state index contributed by atoms with van der Waals surface area (Å²) in [5.74, 6) is 0.246. The van der Waals surface area contributed by atoms with Crippen molar-refractivity contribution in [3.63, 3.8) is 0 Å². The summed E-state index contributed by atoms with van der Waals surface area (Å²) >= 11 is 0. The zero-order valence-electron chi connectivity index (χ0n) is 11.7. The van der Waals surface area contributed by atoms with Crippen molar-refractivity contribution in [1.82, 2.24) is 9.80 Å². The summed E-state index contributed by atoms with van der Waals surface area (Å²) in [6.07, 6.45) is 4.84. The Morgan fingerprint density at radius 1 is 1.21 bits per heavy atom. The summed E-state index contributed by atoms with van der Waals surface area (Å²) in [5, 5.41) is 9.94. The van der Waals surface area contributed by atoms with E-state index in [2.05, 4.69) is 4.90 Å². The Morgan fingerprint density at radius 3 is 2.47 bits per heavy atom. The average molecular weight is 268 g/mol. The van der Waals surface area contributed by atoms with Crippen LogP contribution in [0.2, 0.25) is 0 Å². The highest BCUT2D eigenvalue weighted by Gasteiger charge is 2.29. The van der Waals surface area contributed by atoms with Gasteiger partial charge in [0.25, 0.3) is 0 Å². The number of aliphatic hydroxyl groups excluding tert-OH is 1. The first-order chi connectivity index (χ1) is 9.08. The quantitative estimate of drug-likeness (QED) is 0.743. The van der Waals surface area contributed by atoms with Crippen LogP contribution in [0.5, 0.6) is 0 Å². The summed E-state index contributed by atoms with van der Waals surface area (Å²) in [7, 11) is 1.99. The topological polar surface area (TPSA) is 60.9 Å². The van der Waals surface area contributed by atoms with E-state index in [1.807, 2.05) is 7.05 Å². The van der Waals surface area contributed by atoms with Crippen LogP contribution in [0.25, 0.3) is 0 Å². The third-order valence-electron chi connectivity index (χ3n) is 4.28. The molecule has 2 rings (SSSR count). The Balaban J connectivity index is 1.73. The maximum absolute atomic E-state index is 11.5. The van der Waals surface area contributed by atoms with E-state index in [0.717, 1.165) is 25.8 Å². The predicted octanol–water partition coefficient (Wildman–Crippen LogP) is 0.618. The van der Waals surface area contributed by atoms with Gasteiger partial charge in [-0.25, -0.2) is 0 Å². The van der Waals surface area contributed by atoms with Gasteiger partial charge in [-0.3, -0.25) is 14.5 Å². The number of carbonyl (C=O) groups excluding carboxylic acids is 2. The number of rotatable bonds is 5. The van der Waals surface area contributed by atoms with Crippen molar-refractivity contribution in [3.8, 4) is 0 Å². The highest BCUT2D eigenvalue weighted by Crippen LogP contribution is 2.24. The van der Waals surface area contributed by atoms with E-state index in [-0.39, 0.29) is 17.9 Å². The van der Waals surface area contributed by atoms with Crippen molar-refractivity contribution in [1.29, 1.82) is 0 Å². The molecule has 5 nitrogen and oxygen atoms in total. The largest absolute Gasteiger partial charge is 0.393 e. The number of imide groups is 1. The molecule has 1 saturated carbocycles. The Bertz CT molecular complexity index is 330. The monoisotopic (exact) mass is 268 g/mol. The van der Waals surface area contributed by atoms with Gasteiger partial charge < -0.3 is 10.0 Å². The lowest BCUT2D eigenvalue weighted by Gasteiger charge is -2.31. The van der Waals surface area contributed by atoms with Crippen molar-refractivity contribution in [2.24, 2.45) is 5.92 Å². The van der Waals surface area contributed by atoms with Gasteiger partial charge in [-0.2, -0.15) is 0 Å². The molecule has 0 radical (unpaired) electrons. The minimum atomic E-state index is -0.189. The zero-order valence-corrected chi connectivity index (χ0v) is 11.7. The number of hydrogen-bond acceptors (Lipinski definition) is 4. The summed E-state index contributed by atoms with van der Waals surface area (Å²) in [6, 6.07) is 0. The molecular weight excluding hydrogens is 244 g/mol. The molecule has 2 unspecified atom stereocenters. The highest BCUT2D eigenvalue weighted by molar-refractivity contribution is 6.01. The summed E-state index contributed by atoms with van der Waals surface area (Å²) in [6.45, 7) is 2.02. The second-order valence-electron chi connectivity index (χ2n) is 5.81. The summed E-state index contributed by atoms with van der Waals surface area (Å²) in [4.78, 5) is 26.5. The van der Waals surface area contributed by atoms with Gasteiger partial charge in [-0.15, -0.1) is 0 Å². The maximum atomic E-state index is 11.5. The van der Waals surface area contributed by atoms with Crippen LogP contribution in [0.15, 0.2) is 0 Å². The summed E-state index contributed by atoms with van der Waals surface area (Å²) < 4.78 is 0. The lowest BCUT2D eigenvalue weighted by Crippen LogP contribution is -2.40. The zero-order chi connectivity index (χ0) is 13.8. The molecule has 1 aliphatic carbocycles. The molecule has 1 aliphatic heterocycles. The molecule has 2 fully saturated rings. The molecule has 108 valence electrons. The van der Waals surface area contributed by atoms with Crippen molar-refractivity contribution >= 4 is 11.8 Å². The van der Waals surface area contributed by atoms with Crippen LogP contribution in [0.1, 0.15) is 38.5 Å². The third kappa shape index (κ3) is 3.76. The second-order valence-corrected chi connectivity index (χ2v) is 5.81. The third-order valence-corrected chi connectivity index (χ3v) is 4.28. The Kier molecular flexibility index (Phi) is 4.93. The molecule has 1 heterocycles. The van der Waals surface area contributed by atoms with Gasteiger partial charge in [0.1, 0.15) is 0 Å². The van der Waals surface area contributed by atoms with E-state index in [1.165, 1.54) is 11.3 Å². The van der Waals surface area contributed by atoms with Gasteiger partial charge >= 0.3 is 0 Å². The second kappa shape index (κ2) is 6.48. The molecule has 0 aromatic heterocycles. The number of aliphatic hydroxyl groups is 1. The molecule has 19 heavy (non-hydrogen) atoms. The number of likely N-dealkylation sites (N-methyl/N-ethyl adjacent to an activating group) is 1. The van der Waals surface area contributed by atoms with Gasteiger partial charge in [-0.05, 0) is 25.8 Å². The molecule has 0 spiro atoms. The fourth-order valence-electron chi connectivity index (χ4n) is 3.04. The Labute approximate surface area is 114 Å². The van der Waals surface area contributed by atoms with Crippen LogP contribution >= 0.6 is 0 Å². The smallest absolute Gasteiger partial charge is 0.229 e. The minimum absolute atomic E-state index is 0.0453. The SMILES string of the molecule is CN(CCN1C(=O)CCC1=O)CC1CCCCC1O. The average Bonchev–Trinajstić information content (AvgIpc) is 2.70.